The van der Waals surface area contributed by atoms with Crippen LogP contribution in [0.1, 0.15) is 24.0 Å². The third-order valence-electron chi connectivity index (χ3n) is 9.05. The third-order valence-corrected chi connectivity index (χ3v) is 9.29. The minimum Gasteiger partial charge on any atom is -0.367 e. The highest BCUT2D eigenvalue weighted by Gasteiger charge is 2.65. The Balaban J connectivity index is 1.40. The number of benzene rings is 4. The number of fused-ring (bicyclic) bond motifs is 4. The molecule has 2 unspecified atom stereocenters. The highest BCUT2D eigenvalue weighted by molar-refractivity contribution is 6.39. The van der Waals surface area contributed by atoms with Crippen LogP contribution in [0.5, 0.6) is 0 Å². The van der Waals surface area contributed by atoms with Crippen LogP contribution in [0, 0.1) is 11.3 Å². The van der Waals surface area contributed by atoms with Crippen LogP contribution in [0.4, 0.5) is 21.9 Å². The van der Waals surface area contributed by atoms with Gasteiger partial charge in [0.05, 0.1) is 17.4 Å². The molecule has 7 heteroatoms. The van der Waals surface area contributed by atoms with Gasteiger partial charge in [0, 0.05) is 17.3 Å². The summed E-state index contributed by atoms with van der Waals surface area (Å²) in [4.78, 5) is 48.6. The van der Waals surface area contributed by atoms with Gasteiger partial charge in [-0.3, -0.25) is 9.59 Å². The van der Waals surface area contributed by atoms with Gasteiger partial charge in [0.2, 0.25) is 0 Å². The van der Waals surface area contributed by atoms with Crippen LogP contribution in [-0.2, 0) is 22.4 Å². The predicted molar refractivity (Wildman–Crippen MR) is 165 cm³/mol. The first-order valence-electron chi connectivity index (χ1n) is 14.4. The quantitative estimate of drug-likeness (QED) is 0.248. The number of hydrogen-bond acceptors (Lipinski definition) is 4. The molecule has 3 heterocycles. The number of halogens is 1. The monoisotopic (exact) mass is 575 g/mol. The summed E-state index contributed by atoms with van der Waals surface area (Å²) in [5.41, 5.74) is 2.48. The largest absolute Gasteiger partial charge is 0.367 e. The molecule has 42 heavy (non-hydrogen) atoms. The number of para-hydroxylation sites is 2. The Morgan fingerprint density at radius 2 is 1.31 bits per heavy atom. The van der Waals surface area contributed by atoms with E-state index in [1.54, 1.807) is 48.5 Å². The van der Waals surface area contributed by atoms with Gasteiger partial charge in [-0.05, 0) is 79.1 Å². The summed E-state index contributed by atoms with van der Waals surface area (Å²) in [5.74, 6) is -0.668. The van der Waals surface area contributed by atoms with Crippen LogP contribution in [-0.4, -0.2) is 30.4 Å². The van der Waals surface area contributed by atoms with Crippen LogP contribution in [0.2, 0.25) is 5.02 Å². The van der Waals surface area contributed by atoms with Crippen LogP contribution in [0.3, 0.4) is 0 Å². The Morgan fingerprint density at radius 1 is 0.738 bits per heavy atom. The second-order valence-corrected chi connectivity index (χ2v) is 11.9. The standard InChI is InChI=1S/C35H30ClN3O3/c36-27-17-16-26-23-35(31-21-25(18-19-37(31)30(26)22-27)20-24-10-4-1-5-11-24)32(40)38(28-12-6-2-7-13-28)34(42)39(33(35)41)29-14-8-3-9-15-29/h1-17,22,25,31H,18-21,23H2. The maximum atomic E-state index is 14.9. The van der Waals surface area contributed by atoms with E-state index in [0.717, 1.165) is 24.1 Å². The van der Waals surface area contributed by atoms with E-state index < -0.39 is 29.3 Å². The van der Waals surface area contributed by atoms with Gasteiger partial charge in [-0.15, -0.1) is 0 Å². The van der Waals surface area contributed by atoms with E-state index in [0.29, 0.717) is 29.4 Å². The zero-order valence-electron chi connectivity index (χ0n) is 23.0. The Morgan fingerprint density at radius 3 is 1.90 bits per heavy atom. The number of barbiturate groups is 1. The van der Waals surface area contributed by atoms with E-state index in [9.17, 15) is 14.4 Å². The fourth-order valence-corrected chi connectivity index (χ4v) is 7.28. The molecule has 2 saturated heterocycles. The van der Waals surface area contributed by atoms with E-state index in [1.165, 1.54) is 15.4 Å². The van der Waals surface area contributed by atoms with Crippen molar-refractivity contribution in [1.29, 1.82) is 0 Å². The number of rotatable bonds is 4. The van der Waals surface area contributed by atoms with Crippen molar-refractivity contribution in [3.8, 4) is 0 Å². The topological polar surface area (TPSA) is 60.9 Å². The van der Waals surface area contributed by atoms with Crippen LogP contribution in [0.15, 0.2) is 109 Å². The van der Waals surface area contributed by atoms with Gasteiger partial charge in [0.15, 0.2) is 5.41 Å². The number of urea groups is 1. The molecule has 2 atom stereocenters. The summed E-state index contributed by atoms with van der Waals surface area (Å²) in [5, 5.41) is 0.614. The lowest BCUT2D eigenvalue weighted by Crippen LogP contribution is -2.74. The number of imide groups is 2. The van der Waals surface area contributed by atoms with Crippen LogP contribution in [0.25, 0.3) is 0 Å². The lowest BCUT2D eigenvalue weighted by molar-refractivity contribution is -0.143. The fraction of sp³-hybridized carbons (Fsp3) is 0.229. The molecule has 0 saturated carbocycles. The molecule has 4 aromatic carbocycles. The molecular weight excluding hydrogens is 546 g/mol. The molecule has 0 N–H and O–H groups in total. The number of carbonyl (C=O) groups excluding carboxylic acids is 3. The summed E-state index contributed by atoms with van der Waals surface area (Å²) in [6.07, 6.45) is 2.60. The SMILES string of the molecule is O=C1N(c2ccccc2)C(=O)C2(Cc3ccc(Cl)cc3N3CCC(Cc4ccccc4)CC32)C(=O)N1c1ccccc1. The van der Waals surface area contributed by atoms with E-state index in [2.05, 4.69) is 17.0 Å². The van der Waals surface area contributed by atoms with E-state index in [-0.39, 0.29) is 12.3 Å². The van der Waals surface area contributed by atoms with Crippen molar-refractivity contribution in [1.82, 2.24) is 0 Å². The van der Waals surface area contributed by atoms with Gasteiger partial charge in [0.1, 0.15) is 0 Å². The van der Waals surface area contributed by atoms with Crippen molar-refractivity contribution in [2.45, 2.75) is 31.7 Å². The summed E-state index contributed by atoms with van der Waals surface area (Å²) < 4.78 is 0. The molecule has 0 radical (unpaired) electrons. The molecular formula is C35H30ClN3O3. The van der Waals surface area contributed by atoms with Gasteiger partial charge >= 0.3 is 6.03 Å². The first-order valence-corrected chi connectivity index (χ1v) is 14.8. The molecule has 4 amide bonds. The second kappa shape index (κ2) is 10.4. The minimum atomic E-state index is -1.50. The second-order valence-electron chi connectivity index (χ2n) is 11.4. The maximum absolute atomic E-state index is 14.9. The van der Waals surface area contributed by atoms with E-state index in [4.69, 9.17) is 11.6 Å². The molecule has 4 aromatic rings. The van der Waals surface area contributed by atoms with Crippen molar-refractivity contribution >= 4 is 46.5 Å². The molecule has 3 aliphatic rings. The first kappa shape index (κ1) is 26.5. The lowest BCUT2D eigenvalue weighted by Gasteiger charge is -2.56. The fourth-order valence-electron chi connectivity index (χ4n) is 7.11. The number of hydrogen-bond donors (Lipinski definition) is 0. The van der Waals surface area contributed by atoms with E-state index in [1.807, 2.05) is 48.5 Å². The maximum Gasteiger partial charge on any atom is 0.342 e. The van der Waals surface area contributed by atoms with Crippen molar-refractivity contribution in [3.05, 3.63) is 125 Å². The highest BCUT2D eigenvalue weighted by atomic mass is 35.5. The molecule has 1 spiro atoms. The molecule has 3 aliphatic heterocycles. The van der Waals surface area contributed by atoms with Crippen molar-refractivity contribution in [2.24, 2.45) is 11.3 Å². The third kappa shape index (κ3) is 4.21. The highest BCUT2D eigenvalue weighted by Crippen LogP contribution is 2.51. The first-order chi connectivity index (χ1) is 20.5. The van der Waals surface area contributed by atoms with Gasteiger partial charge in [-0.1, -0.05) is 84.4 Å². The number of nitrogens with zero attached hydrogens (tertiary/aromatic N) is 3. The van der Waals surface area contributed by atoms with Crippen molar-refractivity contribution in [2.75, 3.05) is 21.2 Å². The number of anilines is 3. The Labute approximate surface area is 250 Å². The summed E-state index contributed by atoms with van der Waals surface area (Å²) in [6, 6.07) is 32.8. The Bertz CT molecular complexity index is 1600. The Kier molecular flexibility index (Phi) is 6.59. The minimum absolute atomic E-state index is 0.191. The normalized spacial score (nSPS) is 21.4. The number of carbonyl (C=O) groups is 3. The van der Waals surface area contributed by atoms with Crippen molar-refractivity contribution < 1.29 is 14.4 Å². The zero-order chi connectivity index (χ0) is 28.8. The summed E-state index contributed by atoms with van der Waals surface area (Å²) >= 11 is 6.48. The smallest absolute Gasteiger partial charge is 0.342 e. The average molecular weight is 576 g/mol. The predicted octanol–water partition coefficient (Wildman–Crippen LogP) is 6.91. The molecule has 0 bridgehead atoms. The molecule has 0 aliphatic carbocycles. The molecule has 210 valence electrons. The van der Waals surface area contributed by atoms with E-state index >= 15 is 0 Å². The number of piperidine rings is 1. The zero-order valence-corrected chi connectivity index (χ0v) is 23.8. The molecule has 6 nitrogen and oxygen atoms in total. The summed E-state index contributed by atoms with van der Waals surface area (Å²) in [6.45, 7) is 0.683. The van der Waals surface area contributed by atoms with Crippen LogP contribution < -0.4 is 14.7 Å². The van der Waals surface area contributed by atoms with Gasteiger partial charge in [-0.25, -0.2) is 14.6 Å². The molecule has 7 rings (SSSR count). The lowest BCUT2D eigenvalue weighted by atomic mass is 9.63. The number of amides is 4. The van der Waals surface area contributed by atoms with Gasteiger partial charge in [0.25, 0.3) is 11.8 Å². The van der Waals surface area contributed by atoms with Gasteiger partial charge < -0.3 is 4.90 Å². The molecule has 0 aromatic heterocycles. The summed E-state index contributed by atoms with van der Waals surface area (Å²) in [7, 11) is 0. The molecule has 2 fully saturated rings. The van der Waals surface area contributed by atoms with Crippen molar-refractivity contribution in [3.63, 3.8) is 0 Å². The van der Waals surface area contributed by atoms with Gasteiger partial charge in [-0.2, -0.15) is 0 Å². The van der Waals surface area contributed by atoms with Crippen LogP contribution >= 0.6 is 11.6 Å². The Hall–Kier alpha value is -4.42. The average Bonchev–Trinajstić information content (AvgIpc) is 3.02.